The lowest BCUT2D eigenvalue weighted by molar-refractivity contribution is -0.139. The van der Waals surface area contributed by atoms with Crippen molar-refractivity contribution in [2.45, 2.75) is 76.4 Å². The first kappa shape index (κ1) is 32.4. The molecule has 10 heteroatoms. The van der Waals surface area contributed by atoms with Gasteiger partial charge in [0, 0.05) is 17.6 Å². The van der Waals surface area contributed by atoms with Gasteiger partial charge in [0.25, 0.3) is 10.0 Å². The number of carbonyl (C=O) groups is 2. The van der Waals surface area contributed by atoms with Crippen molar-refractivity contribution in [2.75, 3.05) is 18.0 Å². The number of halogens is 1. The van der Waals surface area contributed by atoms with Gasteiger partial charge in [0.05, 0.1) is 17.7 Å². The van der Waals surface area contributed by atoms with Gasteiger partial charge in [-0.15, -0.1) is 0 Å². The second kappa shape index (κ2) is 14.3. The largest absolute Gasteiger partial charge is 0.497 e. The predicted molar refractivity (Wildman–Crippen MR) is 170 cm³/mol. The third kappa shape index (κ3) is 8.09. The van der Waals surface area contributed by atoms with Crippen molar-refractivity contribution in [3.05, 3.63) is 88.4 Å². The maximum Gasteiger partial charge on any atom is 0.264 e. The average molecular weight is 626 g/mol. The quantitative estimate of drug-likeness (QED) is 0.281. The van der Waals surface area contributed by atoms with Gasteiger partial charge >= 0.3 is 0 Å². The first-order valence-electron chi connectivity index (χ1n) is 14.6. The molecular formula is C33H40ClN3O5S. The van der Waals surface area contributed by atoms with Crippen molar-refractivity contribution in [1.29, 1.82) is 0 Å². The van der Waals surface area contributed by atoms with Crippen LogP contribution in [0.15, 0.2) is 71.6 Å². The van der Waals surface area contributed by atoms with E-state index in [1.54, 1.807) is 56.5 Å². The molecule has 1 saturated carbocycles. The molecule has 1 aliphatic carbocycles. The van der Waals surface area contributed by atoms with Crippen LogP contribution in [0.2, 0.25) is 5.02 Å². The molecule has 1 atom stereocenters. The summed E-state index contributed by atoms with van der Waals surface area (Å²) in [6.07, 6.45) is 5.06. The zero-order valence-corrected chi connectivity index (χ0v) is 26.7. The van der Waals surface area contributed by atoms with Crippen LogP contribution in [-0.4, -0.2) is 50.9 Å². The molecule has 1 N–H and O–H groups in total. The van der Waals surface area contributed by atoms with E-state index in [1.165, 1.54) is 17.0 Å². The van der Waals surface area contributed by atoms with Crippen LogP contribution >= 0.6 is 11.6 Å². The number of nitrogens with zero attached hydrogens (tertiary/aromatic N) is 2. The monoisotopic (exact) mass is 625 g/mol. The summed E-state index contributed by atoms with van der Waals surface area (Å²) in [4.78, 5) is 29.1. The van der Waals surface area contributed by atoms with Crippen molar-refractivity contribution < 1.29 is 22.7 Å². The molecule has 1 aliphatic rings. The summed E-state index contributed by atoms with van der Waals surface area (Å²) in [5, 5.41) is 3.49. The van der Waals surface area contributed by atoms with Crippen LogP contribution in [0.3, 0.4) is 0 Å². The third-order valence-electron chi connectivity index (χ3n) is 7.94. The number of hydrogen-bond donors (Lipinski definition) is 1. The normalized spacial score (nSPS) is 14.5. The van der Waals surface area contributed by atoms with Crippen LogP contribution in [0.5, 0.6) is 5.75 Å². The first-order valence-corrected chi connectivity index (χ1v) is 16.4. The fourth-order valence-corrected chi connectivity index (χ4v) is 6.80. The number of benzene rings is 3. The van der Waals surface area contributed by atoms with Crippen LogP contribution in [0.4, 0.5) is 5.69 Å². The summed E-state index contributed by atoms with van der Waals surface area (Å²) >= 11 is 6.41. The average Bonchev–Trinajstić information content (AvgIpc) is 3.00. The van der Waals surface area contributed by atoms with E-state index in [0.29, 0.717) is 10.8 Å². The molecule has 0 radical (unpaired) electrons. The molecule has 0 aliphatic heterocycles. The smallest absolute Gasteiger partial charge is 0.264 e. The zero-order chi connectivity index (χ0) is 31.1. The Balaban J connectivity index is 1.70. The summed E-state index contributed by atoms with van der Waals surface area (Å²) in [7, 11) is -2.62. The molecule has 3 aromatic carbocycles. The number of carbonyl (C=O) groups excluding carboxylic acids is 2. The Hall–Kier alpha value is -3.56. The van der Waals surface area contributed by atoms with Gasteiger partial charge in [-0.2, -0.15) is 0 Å². The van der Waals surface area contributed by atoms with Crippen LogP contribution in [-0.2, 0) is 26.2 Å². The SMILES string of the molecule is COc1cccc(CN(C(=O)CN(c2ccc(C)c(Cl)c2)S(=O)(=O)c2ccc(C)cc2)[C@@H](C)C(=O)NC2CCCCC2)c1. The number of hydrogen-bond acceptors (Lipinski definition) is 5. The van der Waals surface area contributed by atoms with E-state index < -0.39 is 28.5 Å². The molecule has 0 heterocycles. The highest BCUT2D eigenvalue weighted by Crippen LogP contribution is 2.29. The fraction of sp³-hybridized carbons (Fsp3) is 0.394. The number of nitrogens with one attached hydrogen (secondary N) is 1. The number of ether oxygens (including phenoxy) is 1. The molecule has 0 bridgehead atoms. The summed E-state index contributed by atoms with van der Waals surface area (Å²) in [5.74, 6) is -0.182. The Morgan fingerprint density at radius 3 is 2.35 bits per heavy atom. The molecule has 4 rings (SSSR count). The minimum absolute atomic E-state index is 0.0463. The second-order valence-corrected chi connectivity index (χ2v) is 13.4. The van der Waals surface area contributed by atoms with Crippen molar-refractivity contribution in [1.82, 2.24) is 10.2 Å². The highest BCUT2D eigenvalue weighted by Gasteiger charge is 2.33. The molecule has 0 aromatic heterocycles. The van der Waals surface area contributed by atoms with E-state index in [1.807, 2.05) is 26.0 Å². The molecule has 1 fully saturated rings. The number of aryl methyl sites for hydroxylation is 2. The number of anilines is 1. The lowest BCUT2D eigenvalue weighted by Gasteiger charge is -2.33. The van der Waals surface area contributed by atoms with Crippen LogP contribution in [0.25, 0.3) is 0 Å². The maximum atomic E-state index is 14.2. The second-order valence-electron chi connectivity index (χ2n) is 11.2. The lowest BCUT2D eigenvalue weighted by atomic mass is 9.95. The Bertz CT molecular complexity index is 1540. The third-order valence-corrected chi connectivity index (χ3v) is 10.1. The van der Waals surface area contributed by atoms with Gasteiger partial charge in [-0.25, -0.2) is 8.42 Å². The number of sulfonamides is 1. The van der Waals surface area contributed by atoms with Gasteiger partial charge in [0.15, 0.2) is 0 Å². The van der Waals surface area contributed by atoms with Gasteiger partial charge in [-0.3, -0.25) is 13.9 Å². The van der Waals surface area contributed by atoms with E-state index in [2.05, 4.69) is 5.32 Å². The van der Waals surface area contributed by atoms with Crippen LogP contribution in [0, 0.1) is 13.8 Å². The molecule has 0 saturated heterocycles. The molecule has 3 aromatic rings. The summed E-state index contributed by atoms with van der Waals surface area (Å²) < 4.78 is 34.5. The molecule has 2 amide bonds. The zero-order valence-electron chi connectivity index (χ0n) is 25.2. The molecule has 8 nitrogen and oxygen atoms in total. The minimum Gasteiger partial charge on any atom is -0.497 e. The number of methoxy groups -OCH3 is 1. The van der Waals surface area contributed by atoms with Gasteiger partial charge in [0.1, 0.15) is 18.3 Å². The van der Waals surface area contributed by atoms with Crippen molar-refractivity contribution in [3.8, 4) is 5.75 Å². The fourth-order valence-electron chi connectivity index (χ4n) is 5.22. The van der Waals surface area contributed by atoms with Crippen molar-refractivity contribution in [3.63, 3.8) is 0 Å². The van der Waals surface area contributed by atoms with Gasteiger partial charge < -0.3 is 15.0 Å². The molecule has 0 unspecified atom stereocenters. The Kier molecular flexibility index (Phi) is 10.7. The van der Waals surface area contributed by atoms with Crippen molar-refractivity contribution >= 4 is 39.1 Å². The van der Waals surface area contributed by atoms with Crippen LogP contribution < -0.4 is 14.4 Å². The predicted octanol–water partition coefficient (Wildman–Crippen LogP) is 6.03. The summed E-state index contributed by atoms with van der Waals surface area (Å²) in [5.41, 5.74) is 2.68. The first-order chi connectivity index (χ1) is 20.5. The molecule has 43 heavy (non-hydrogen) atoms. The number of amides is 2. The van der Waals surface area contributed by atoms with E-state index in [4.69, 9.17) is 16.3 Å². The van der Waals surface area contributed by atoms with Gasteiger partial charge in [0.2, 0.25) is 11.8 Å². The maximum absolute atomic E-state index is 14.2. The van der Waals surface area contributed by atoms with E-state index >= 15 is 0 Å². The summed E-state index contributed by atoms with van der Waals surface area (Å²) in [6.45, 7) is 4.92. The van der Waals surface area contributed by atoms with Gasteiger partial charge in [-0.05, 0) is 81.1 Å². The topological polar surface area (TPSA) is 96.0 Å². The Morgan fingerprint density at radius 1 is 1.00 bits per heavy atom. The van der Waals surface area contributed by atoms with Gasteiger partial charge in [-0.1, -0.05) is 66.8 Å². The highest BCUT2D eigenvalue weighted by atomic mass is 35.5. The van der Waals surface area contributed by atoms with Crippen LogP contribution in [0.1, 0.15) is 55.7 Å². The Morgan fingerprint density at radius 2 is 1.70 bits per heavy atom. The van der Waals surface area contributed by atoms with E-state index in [-0.39, 0.29) is 29.1 Å². The van der Waals surface area contributed by atoms with E-state index in [0.717, 1.165) is 53.1 Å². The molecule has 0 spiro atoms. The highest BCUT2D eigenvalue weighted by molar-refractivity contribution is 7.92. The Labute approximate surface area is 260 Å². The minimum atomic E-state index is -4.17. The molecular weight excluding hydrogens is 586 g/mol. The van der Waals surface area contributed by atoms with E-state index in [9.17, 15) is 18.0 Å². The van der Waals surface area contributed by atoms with Crippen molar-refractivity contribution in [2.24, 2.45) is 0 Å². The molecule has 230 valence electrons. The number of rotatable bonds is 11. The lowest BCUT2D eigenvalue weighted by Crippen LogP contribution is -2.53. The summed E-state index contributed by atoms with van der Waals surface area (Å²) in [6, 6.07) is 17.8. The standard InChI is InChI=1S/C33H40ClN3O5S/c1-23-13-17-30(18-14-23)43(40,41)37(28-16-15-24(2)31(34)20-28)22-32(38)36(21-26-9-8-12-29(19-26)42-4)25(3)33(39)35-27-10-6-5-7-11-27/h8-9,12-20,25,27H,5-7,10-11,21-22H2,1-4H3,(H,35,39)/t25-/m0/s1.